The van der Waals surface area contributed by atoms with Gasteiger partial charge in [0.1, 0.15) is 17.5 Å². The highest BCUT2D eigenvalue weighted by Crippen LogP contribution is 2.36. The van der Waals surface area contributed by atoms with E-state index >= 15 is 0 Å². The van der Waals surface area contributed by atoms with Crippen molar-refractivity contribution in [2.75, 3.05) is 49.4 Å². The van der Waals surface area contributed by atoms with Crippen LogP contribution in [0.25, 0.3) is 0 Å². The molecule has 3 aromatic rings. The van der Waals surface area contributed by atoms with Gasteiger partial charge in [0.25, 0.3) is 0 Å². The second-order valence-corrected chi connectivity index (χ2v) is 15.4. The summed E-state index contributed by atoms with van der Waals surface area (Å²) in [5.41, 5.74) is 5.17. The van der Waals surface area contributed by atoms with Gasteiger partial charge in [-0.25, -0.2) is 14.1 Å². The molecule has 2 atom stereocenters. The zero-order valence-electron chi connectivity index (χ0n) is 27.2. The molecule has 22 heteroatoms. The Labute approximate surface area is 299 Å². The van der Waals surface area contributed by atoms with E-state index in [1.54, 1.807) is 9.36 Å². The number of carbonyl (C=O) groups excluding carboxylic acids is 1. The number of fused-ring (bicyclic) bond motifs is 1. The maximum atomic E-state index is 14.3. The van der Waals surface area contributed by atoms with Crippen LogP contribution in [0.5, 0.6) is 0 Å². The maximum absolute atomic E-state index is 14.3. The highest BCUT2D eigenvalue weighted by molar-refractivity contribution is 8.00. The predicted molar refractivity (Wildman–Crippen MR) is 189 cm³/mol. The Morgan fingerprint density at radius 1 is 1.16 bits per heavy atom. The Bertz CT molecular complexity index is 1730. The number of nitrogens with zero attached hydrogens (tertiary/aromatic N) is 6. The van der Waals surface area contributed by atoms with Crippen LogP contribution >= 0.6 is 53.7 Å². The molecule has 1 aliphatic rings. The molecule has 3 heterocycles. The van der Waals surface area contributed by atoms with Crippen molar-refractivity contribution < 1.29 is 33.3 Å². The monoisotopic (exact) mass is 785 g/mol. The van der Waals surface area contributed by atoms with Gasteiger partial charge in [-0.15, -0.1) is 11.8 Å². The van der Waals surface area contributed by atoms with Crippen molar-refractivity contribution >= 4 is 83.2 Å². The minimum Gasteiger partial charge on any atom is -0.480 e. The lowest BCUT2D eigenvalue weighted by atomic mass is 10.2. The van der Waals surface area contributed by atoms with E-state index in [2.05, 4.69) is 35.3 Å². The van der Waals surface area contributed by atoms with Crippen LogP contribution in [0.3, 0.4) is 0 Å². The van der Waals surface area contributed by atoms with Crippen molar-refractivity contribution in [3.63, 3.8) is 0 Å². The van der Waals surface area contributed by atoms with Gasteiger partial charge in [0.15, 0.2) is 7.37 Å². The fourth-order valence-corrected chi connectivity index (χ4v) is 6.66. The smallest absolute Gasteiger partial charge is 0.325 e. The van der Waals surface area contributed by atoms with Gasteiger partial charge in [-0.3, -0.25) is 23.6 Å². The molecule has 0 bridgehead atoms. The SMILES string of the molecule is CCNc1nc(Cl)nc(NCC)n1.COC(=O)CSc1cc(N=c2sc(=O)n3n2CCCC3)c(F)cc1Cl.CP(=O)(O)CCC(N)C(=O)O. The predicted octanol–water partition coefficient (Wildman–Crippen LogP) is 3.87. The summed E-state index contributed by atoms with van der Waals surface area (Å²) in [6, 6.07) is 1.61. The third-order valence-corrected chi connectivity index (χ3v) is 9.71. The average molecular weight is 787 g/mol. The molecule has 0 spiro atoms. The fraction of sp³-hybridized carbons (Fsp3) is 0.519. The van der Waals surface area contributed by atoms with Gasteiger partial charge in [0.05, 0.1) is 17.9 Å². The Kier molecular flexibility index (Phi) is 17.7. The molecule has 49 heavy (non-hydrogen) atoms. The Hall–Kier alpha value is -3.06. The molecule has 4 rings (SSSR count). The Morgan fingerprint density at radius 2 is 1.76 bits per heavy atom. The van der Waals surface area contributed by atoms with Crippen LogP contribution in [-0.4, -0.2) is 91.1 Å². The van der Waals surface area contributed by atoms with Gasteiger partial charge in [-0.05, 0) is 68.2 Å². The number of methoxy groups -OCH3 is 1. The number of hydrogen-bond acceptors (Lipinski definition) is 14. The minimum atomic E-state index is -3.10. The molecule has 0 amide bonds. The van der Waals surface area contributed by atoms with Gasteiger partial charge >= 0.3 is 16.8 Å². The number of halogens is 3. The lowest BCUT2D eigenvalue weighted by Gasteiger charge is -2.15. The van der Waals surface area contributed by atoms with Crippen molar-refractivity contribution in [2.45, 2.75) is 57.1 Å². The van der Waals surface area contributed by atoms with Gasteiger partial charge in [-0.2, -0.15) is 15.0 Å². The largest absolute Gasteiger partial charge is 0.480 e. The zero-order chi connectivity index (χ0) is 36.7. The number of carboxylic acids is 1. The van der Waals surface area contributed by atoms with Crippen LogP contribution in [0.2, 0.25) is 10.3 Å². The number of carboxylic acid groups (broad SMARTS) is 1. The molecule has 2 aromatic heterocycles. The number of aliphatic carboxylic acids is 1. The summed E-state index contributed by atoms with van der Waals surface area (Å²) in [5.74, 6) is -1.07. The standard InChI is InChI=1S/C15H15ClFN3O3S2.C7H12ClN5.C5H12NO4P/c1-23-13(21)8-24-12-7-11(10(17)6-9(12)16)18-14-19-4-2-3-5-20(19)15(22)25-14;1-3-9-6-11-5(8)12-7(13-6)10-4-2;1-11(9,10)3-2-4(6)5(7)8/h6-7H,2-5,8H2,1H3;3-4H2,1-2H3,(H2,9,10,11,12,13);4H,2-3,6H2,1H3,(H,7,8)(H,9,10). The van der Waals surface area contributed by atoms with Crippen molar-refractivity contribution in [1.29, 1.82) is 0 Å². The van der Waals surface area contributed by atoms with E-state index in [1.165, 1.54) is 19.8 Å². The second-order valence-electron chi connectivity index (χ2n) is 10.1. The number of ether oxygens (including phenoxy) is 1. The molecule has 1 aromatic carbocycles. The average Bonchev–Trinajstić information content (AvgIpc) is 3.35. The quantitative estimate of drug-likeness (QED) is 0.0998. The number of aromatic nitrogens is 5. The number of anilines is 2. The summed E-state index contributed by atoms with van der Waals surface area (Å²) in [6.45, 7) is 7.94. The topological polar surface area (TPSA) is 229 Å². The van der Waals surface area contributed by atoms with Gasteiger partial charge < -0.3 is 31.1 Å². The lowest BCUT2D eigenvalue weighted by Crippen LogP contribution is -2.31. The molecule has 0 fully saturated rings. The molecular weight excluding hydrogens is 747 g/mol. The number of esters is 1. The van der Waals surface area contributed by atoms with E-state index in [9.17, 15) is 23.3 Å². The first kappa shape index (κ1) is 42.1. The number of hydrogen-bond donors (Lipinski definition) is 5. The van der Waals surface area contributed by atoms with E-state index < -0.39 is 31.2 Å². The van der Waals surface area contributed by atoms with Crippen LogP contribution in [0.4, 0.5) is 22.0 Å². The highest BCUT2D eigenvalue weighted by Gasteiger charge is 2.17. The van der Waals surface area contributed by atoms with Crippen molar-refractivity contribution in [1.82, 2.24) is 24.3 Å². The second kappa shape index (κ2) is 20.6. The van der Waals surface area contributed by atoms with Crippen LogP contribution < -0.4 is 26.0 Å². The lowest BCUT2D eigenvalue weighted by molar-refractivity contribution is -0.139. The number of thioether (sulfide) groups is 1. The number of nitrogens with one attached hydrogen (secondary N) is 2. The van der Waals surface area contributed by atoms with Crippen LogP contribution in [0.1, 0.15) is 33.1 Å². The van der Waals surface area contributed by atoms with E-state index in [4.69, 9.17) is 38.9 Å². The summed E-state index contributed by atoms with van der Waals surface area (Å²) in [6.07, 6.45) is 1.90. The maximum Gasteiger partial charge on any atom is 0.325 e. The van der Waals surface area contributed by atoms with Crippen LogP contribution in [-0.2, 0) is 32.0 Å². The summed E-state index contributed by atoms with van der Waals surface area (Å²) in [7, 11) is -1.81. The molecule has 0 radical (unpaired) electrons. The van der Waals surface area contributed by atoms with Crippen LogP contribution in [0.15, 0.2) is 26.8 Å². The summed E-state index contributed by atoms with van der Waals surface area (Å²) < 4.78 is 32.9. The first-order valence-electron chi connectivity index (χ1n) is 14.8. The van der Waals surface area contributed by atoms with E-state index in [0.717, 1.165) is 55.1 Å². The summed E-state index contributed by atoms with van der Waals surface area (Å²) in [4.78, 5) is 59.3. The first-order chi connectivity index (χ1) is 23.1. The third-order valence-electron chi connectivity index (χ3n) is 6.13. The summed E-state index contributed by atoms with van der Waals surface area (Å²) in [5, 5.41) is 14.6. The minimum absolute atomic E-state index is 0.0412. The van der Waals surface area contributed by atoms with Gasteiger partial charge in [0.2, 0.25) is 22.0 Å². The van der Waals surface area contributed by atoms with Crippen molar-refractivity contribution in [2.24, 2.45) is 10.7 Å². The van der Waals surface area contributed by atoms with E-state index in [1.807, 2.05) is 13.8 Å². The number of nitrogens with two attached hydrogens (primary N) is 1. The van der Waals surface area contributed by atoms with Crippen molar-refractivity contribution in [3.05, 3.63) is 42.7 Å². The van der Waals surface area contributed by atoms with Crippen LogP contribution in [0, 0.1) is 5.82 Å². The van der Waals surface area contributed by atoms with Crippen molar-refractivity contribution in [3.8, 4) is 0 Å². The normalized spacial score (nSPS) is 14.2. The third kappa shape index (κ3) is 14.8. The summed E-state index contributed by atoms with van der Waals surface area (Å²) >= 11 is 13.9. The van der Waals surface area contributed by atoms with E-state index in [-0.39, 0.29) is 39.2 Å². The fourth-order valence-electron chi connectivity index (χ4n) is 3.76. The molecular formula is C27H39Cl2FN9O7PS2. The molecule has 0 saturated heterocycles. The first-order valence-corrected chi connectivity index (χ1v) is 19.6. The molecule has 1 aliphatic heterocycles. The molecule has 0 saturated carbocycles. The number of benzene rings is 1. The molecule has 16 nitrogen and oxygen atoms in total. The Morgan fingerprint density at radius 3 is 2.29 bits per heavy atom. The zero-order valence-corrected chi connectivity index (χ0v) is 31.2. The molecule has 0 aliphatic carbocycles. The Balaban J connectivity index is 0.000000292. The molecule has 272 valence electrons. The molecule has 6 N–H and O–H groups in total. The van der Waals surface area contributed by atoms with Gasteiger partial charge in [-0.1, -0.05) is 11.6 Å². The van der Waals surface area contributed by atoms with E-state index in [0.29, 0.717) is 34.7 Å². The molecule has 2 unspecified atom stereocenters. The number of rotatable bonds is 12. The van der Waals surface area contributed by atoms with Gasteiger partial charge in [0, 0.05) is 43.9 Å². The number of carbonyl (C=O) groups is 2. The highest BCUT2D eigenvalue weighted by atomic mass is 35.5.